The molecule has 182 valence electrons. The van der Waals surface area contributed by atoms with Crippen LogP contribution in [0.3, 0.4) is 0 Å². The highest BCUT2D eigenvalue weighted by Gasteiger charge is 2.49. The predicted octanol–water partition coefficient (Wildman–Crippen LogP) is 3.72. The molecule has 1 unspecified atom stereocenters. The number of nitrogens with one attached hydrogen (secondary N) is 2. The second-order valence-electron chi connectivity index (χ2n) is 7.68. The predicted molar refractivity (Wildman–Crippen MR) is 130 cm³/mol. The average molecular weight is 491 g/mol. The van der Waals surface area contributed by atoms with Gasteiger partial charge in [0.2, 0.25) is 5.96 Å². The van der Waals surface area contributed by atoms with Crippen molar-refractivity contribution in [3.05, 3.63) is 71.3 Å². The van der Waals surface area contributed by atoms with E-state index in [1.165, 1.54) is 28.8 Å². The first kappa shape index (κ1) is 25.4. The van der Waals surface area contributed by atoms with Gasteiger partial charge in [-0.15, -0.1) is 0 Å². The van der Waals surface area contributed by atoms with E-state index in [4.69, 9.17) is 4.84 Å². The summed E-state index contributed by atoms with van der Waals surface area (Å²) in [6.45, 7) is 0.520. The van der Waals surface area contributed by atoms with E-state index in [1.807, 2.05) is 30.3 Å². The van der Waals surface area contributed by atoms with Gasteiger partial charge in [-0.05, 0) is 36.6 Å². The van der Waals surface area contributed by atoms with Crippen LogP contribution in [0.2, 0.25) is 0 Å². The second-order valence-corrected chi connectivity index (χ2v) is 8.95. The molecule has 0 radical (unpaired) electrons. The van der Waals surface area contributed by atoms with E-state index in [2.05, 4.69) is 20.9 Å². The fourth-order valence-electron chi connectivity index (χ4n) is 3.53. The van der Waals surface area contributed by atoms with Gasteiger partial charge >= 0.3 is 6.03 Å². The van der Waals surface area contributed by atoms with Crippen LogP contribution in [0.4, 0.5) is 13.6 Å². The lowest BCUT2D eigenvalue weighted by atomic mass is 10.0. The fraction of sp³-hybridized carbons (Fsp3) is 0.348. The van der Waals surface area contributed by atoms with Gasteiger partial charge in [0.25, 0.3) is 0 Å². The Morgan fingerprint density at radius 1 is 1.24 bits per heavy atom. The van der Waals surface area contributed by atoms with E-state index in [0.29, 0.717) is 25.3 Å². The molecular weight excluding hydrogens is 462 g/mol. The molecule has 0 fully saturated rings. The molecule has 0 saturated heterocycles. The van der Waals surface area contributed by atoms with Crippen molar-refractivity contribution in [2.45, 2.75) is 17.7 Å². The number of guanidine groups is 1. The van der Waals surface area contributed by atoms with Gasteiger partial charge in [-0.1, -0.05) is 42.1 Å². The van der Waals surface area contributed by atoms with Crippen LogP contribution in [0.1, 0.15) is 24.0 Å². The summed E-state index contributed by atoms with van der Waals surface area (Å²) >= 11 is 1.24. The minimum atomic E-state index is -0.962. The molecule has 11 heteroatoms. The summed E-state index contributed by atoms with van der Waals surface area (Å²) in [5.74, 6) is -0.719. The maximum absolute atomic E-state index is 14.7. The van der Waals surface area contributed by atoms with Crippen LogP contribution in [0, 0.1) is 11.6 Å². The Morgan fingerprint density at radius 3 is 2.62 bits per heavy atom. The number of amides is 2. The van der Waals surface area contributed by atoms with Crippen molar-refractivity contribution in [2.75, 3.05) is 34.8 Å². The van der Waals surface area contributed by atoms with Gasteiger partial charge in [0.1, 0.15) is 21.5 Å². The third kappa shape index (κ3) is 5.48. The van der Waals surface area contributed by atoms with E-state index in [0.717, 1.165) is 23.8 Å². The molecule has 2 aromatic rings. The van der Waals surface area contributed by atoms with Gasteiger partial charge < -0.3 is 10.2 Å². The van der Waals surface area contributed by atoms with Gasteiger partial charge in [-0.2, -0.15) is 10.1 Å². The van der Waals surface area contributed by atoms with Gasteiger partial charge in [-0.3, -0.25) is 9.83 Å². The van der Waals surface area contributed by atoms with Crippen LogP contribution >= 0.6 is 11.8 Å². The highest BCUT2D eigenvalue weighted by Crippen LogP contribution is 2.50. The number of rotatable bonds is 7. The van der Waals surface area contributed by atoms with Crippen LogP contribution in [-0.4, -0.2) is 61.7 Å². The van der Waals surface area contributed by atoms with E-state index in [-0.39, 0.29) is 16.6 Å². The second kappa shape index (κ2) is 11.3. The zero-order valence-corrected chi connectivity index (χ0v) is 20.3. The lowest BCUT2D eigenvalue weighted by molar-refractivity contribution is 0.137. The number of thioether (sulfide) groups is 1. The van der Waals surface area contributed by atoms with E-state index >= 15 is 0 Å². The SMILES string of the molecule is CN=C(NCCCC1(c2ccccc2)SC(c2cc(F)ccc2F)=NN1C(=O)N(C)C)NOC. The third-order valence-electron chi connectivity index (χ3n) is 5.15. The zero-order chi connectivity index (χ0) is 24.7. The number of nitrogens with zero attached hydrogens (tertiary/aromatic N) is 4. The minimum Gasteiger partial charge on any atom is -0.355 e. The summed E-state index contributed by atoms with van der Waals surface area (Å²) in [5, 5.41) is 9.25. The quantitative estimate of drug-likeness (QED) is 0.268. The molecule has 1 heterocycles. The average Bonchev–Trinajstić information content (AvgIpc) is 3.23. The molecule has 0 aliphatic carbocycles. The van der Waals surface area contributed by atoms with E-state index in [9.17, 15) is 13.6 Å². The zero-order valence-electron chi connectivity index (χ0n) is 19.5. The molecule has 1 aliphatic rings. The number of carbonyl (C=O) groups excluding carboxylic acids is 1. The van der Waals surface area contributed by atoms with Crippen molar-refractivity contribution in [2.24, 2.45) is 10.1 Å². The van der Waals surface area contributed by atoms with Crippen molar-refractivity contribution < 1.29 is 18.4 Å². The molecule has 0 bridgehead atoms. The van der Waals surface area contributed by atoms with Gasteiger partial charge in [0.15, 0.2) is 0 Å². The van der Waals surface area contributed by atoms with Crippen molar-refractivity contribution >= 4 is 28.8 Å². The lowest BCUT2D eigenvalue weighted by Gasteiger charge is -2.37. The van der Waals surface area contributed by atoms with Crippen molar-refractivity contribution in [3.63, 3.8) is 0 Å². The van der Waals surface area contributed by atoms with Crippen LogP contribution in [0.5, 0.6) is 0 Å². The molecule has 34 heavy (non-hydrogen) atoms. The molecular formula is C23H28F2N6O2S. The van der Waals surface area contributed by atoms with Gasteiger partial charge in [0, 0.05) is 33.3 Å². The largest absolute Gasteiger partial charge is 0.355 e. The Kier molecular flexibility index (Phi) is 8.46. The van der Waals surface area contributed by atoms with E-state index in [1.54, 1.807) is 21.1 Å². The Balaban J connectivity index is 1.99. The Morgan fingerprint density at radius 2 is 1.97 bits per heavy atom. The summed E-state index contributed by atoms with van der Waals surface area (Å²) < 4.78 is 28.6. The normalized spacial score (nSPS) is 18.0. The first-order valence-electron chi connectivity index (χ1n) is 10.6. The number of hydroxylamine groups is 1. The monoisotopic (exact) mass is 490 g/mol. The minimum absolute atomic E-state index is 0.0159. The standard InChI is InChI=1S/C23H28F2N6O2S/c1-26-21(29-33-4)27-14-8-13-23(16-9-6-5-7-10-16)31(22(32)30(2)3)28-20(34-23)18-15-17(24)11-12-19(18)25/h5-7,9-12,15H,8,13-14H2,1-4H3,(H2,26,27,29). The molecule has 0 aromatic heterocycles. The number of carbonyl (C=O) groups is 1. The Bertz CT molecular complexity index is 1070. The number of benzene rings is 2. The first-order valence-corrected chi connectivity index (χ1v) is 11.4. The molecule has 2 N–H and O–H groups in total. The number of hydrazone groups is 1. The van der Waals surface area contributed by atoms with Crippen molar-refractivity contribution in [1.82, 2.24) is 20.7 Å². The van der Waals surface area contributed by atoms with Crippen molar-refractivity contribution in [1.29, 1.82) is 0 Å². The Hall–Kier alpha value is -3.18. The molecule has 2 aromatic carbocycles. The molecule has 8 nitrogen and oxygen atoms in total. The smallest absolute Gasteiger partial charge is 0.341 e. The summed E-state index contributed by atoms with van der Waals surface area (Å²) in [5.41, 5.74) is 3.49. The van der Waals surface area contributed by atoms with Crippen LogP contribution in [0.25, 0.3) is 0 Å². The summed E-state index contributed by atoms with van der Waals surface area (Å²) in [6, 6.07) is 12.3. The van der Waals surface area contributed by atoms with Crippen LogP contribution < -0.4 is 10.8 Å². The molecule has 0 spiro atoms. The topological polar surface area (TPSA) is 81.6 Å². The molecule has 1 aliphatic heterocycles. The molecule has 2 amide bonds. The third-order valence-corrected chi connectivity index (χ3v) is 6.60. The molecule has 0 saturated carbocycles. The van der Waals surface area contributed by atoms with Crippen LogP contribution in [-0.2, 0) is 9.71 Å². The summed E-state index contributed by atoms with van der Waals surface area (Å²) in [6.07, 6.45) is 1.08. The Labute approximate surface area is 202 Å². The van der Waals surface area contributed by atoms with Crippen molar-refractivity contribution in [3.8, 4) is 0 Å². The number of halogens is 2. The number of hydrogen-bond acceptors (Lipinski definition) is 5. The van der Waals surface area contributed by atoms with E-state index < -0.39 is 16.5 Å². The number of aliphatic imine (C=N–C) groups is 1. The fourth-order valence-corrected chi connectivity index (χ4v) is 4.94. The lowest BCUT2D eigenvalue weighted by Crippen LogP contribution is -2.46. The maximum atomic E-state index is 14.7. The highest BCUT2D eigenvalue weighted by molar-refractivity contribution is 8.15. The molecule has 1 atom stereocenters. The first-order chi connectivity index (χ1) is 16.3. The number of hydrogen-bond donors (Lipinski definition) is 2. The van der Waals surface area contributed by atoms with Gasteiger partial charge in [-0.25, -0.2) is 19.1 Å². The van der Waals surface area contributed by atoms with Crippen LogP contribution in [0.15, 0.2) is 58.6 Å². The maximum Gasteiger partial charge on any atom is 0.341 e. The number of urea groups is 1. The molecule has 3 rings (SSSR count). The van der Waals surface area contributed by atoms with Gasteiger partial charge in [0.05, 0.1) is 7.11 Å². The summed E-state index contributed by atoms with van der Waals surface area (Å²) in [4.78, 5) is 22.6. The highest BCUT2D eigenvalue weighted by atomic mass is 32.2. The summed E-state index contributed by atoms with van der Waals surface area (Å²) in [7, 11) is 6.36.